The quantitative estimate of drug-likeness (QED) is 0.619. The fourth-order valence-corrected chi connectivity index (χ4v) is 0.901. The van der Waals surface area contributed by atoms with Crippen molar-refractivity contribution in [2.75, 3.05) is 7.11 Å². The molecule has 0 unspecified atom stereocenters. The summed E-state index contributed by atoms with van der Waals surface area (Å²) in [6.45, 7) is 5.51. The third kappa shape index (κ3) is 2.21. The number of aliphatic hydroxyl groups is 1. The van der Waals surface area contributed by atoms with E-state index >= 15 is 0 Å². The first kappa shape index (κ1) is 10.5. The highest BCUT2D eigenvalue weighted by molar-refractivity contribution is 5.10. The standard InChI is InChI=1S/C9H16O2/c1-6-9(4,11-5)8(10)7(2)3/h1,7-8,10H,2-5H3/t8-,9-/m1/s1. The van der Waals surface area contributed by atoms with Crippen molar-refractivity contribution in [3.05, 3.63) is 0 Å². The Morgan fingerprint density at radius 2 is 2.00 bits per heavy atom. The Morgan fingerprint density at radius 1 is 1.55 bits per heavy atom. The van der Waals surface area contributed by atoms with E-state index in [0.29, 0.717) is 0 Å². The van der Waals surface area contributed by atoms with Crippen LogP contribution in [0.2, 0.25) is 0 Å². The van der Waals surface area contributed by atoms with E-state index in [1.165, 1.54) is 7.11 Å². The van der Waals surface area contributed by atoms with Gasteiger partial charge in [0, 0.05) is 7.11 Å². The zero-order valence-electron chi connectivity index (χ0n) is 7.59. The van der Waals surface area contributed by atoms with Crippen LogP contribution in [0.25, 0.3) is 0 Å². The Balaban J connectivity index is 4.40. The maximum atomic E-state index is 9.58. The van der Waals surface area contributed by atoms with Crippen molar-refractivity contribution < 1.29 is 9.84 Å². The summed E-state index contributed by atoms with van der Waals surface area (Å²) in [6.07, 6.45) is 4.61. The van der Waals surface area contributed by atoms with Crippen LogP contribution in [-0.2, 0) is 4.74 Å². The normalized spacial score (nSPS) is 19.0. The lowest BCUT2D eigenvalue weighted by atomic mass is 9.91. The van der Waals surface area contributed by atoms with Gasteiger partial charge in [-0.1, -0.05) is 19.8 Å². The summed E-state index contributed by atoms with van der Waals surface area (Å²) < 4.78 is 5.02. The van der Waals surface area contributed by atoms with Crippen LogP contribution >= 0.6 is 0 Å². The Labute approximate surface area is 68.6 Å². The molecule has 0 aliphatic carbocycles. The summed E-state index contributed by atoms with van der Waals surface area (Å²) in [5.74, 6) is 2.54. The maximum absolute atomic E-state index is 9.58. The first-order valence-electron chi connectivity index (χ1n) is 3.69. The Kier molecular flexibility index (Phi) is 3.57. The minimum atomic E-state index is -0.853. The molecular weight excluding hydrogens is 140 g/mol. The molecule has 0 rings (SSSR count). The van der Waals surface area contributed by atoms with Crippen LogP contribution in [0.15, 0.2) is 0 Å². The summed E-state index contributed by atoms with van der Waals surface area (Å²) in [6, 6.07) is 0. The predicted molar refractivity (Wildman–Crippen MR) is 45.1 cm³/mol. The monoisotopic (exact) mass is 156 g/mol. The van der Waals surface area contributed by atoms with Crippen molar-refractivity contribution in [2.45, 2.75) is 32.5 Å². The molecule has 0 heterocycles. The number of hydrogen-bond acceptors (Lipinski definition) is 2. The van der Waals surface area contributed by atoms with Crippen LogP contribution < -0.4 is 0 Å². The van der Waals surface area contributed by atoms with Gasteiger partial charge in [0.25, 0.3) is 0 Å². The summed E-state index contributed by atoms with van der Waals surface area (Å²) in [5.41, 5.74) is -0.853. The fraction of sp³-hybridized carbons (Fsp3) is 0.778. The van der Waals surface area contributed by atoms with Crippen LogP contribution in [-0.4, -0.2) is 23.9 Å². The predicted octanol–water partition coefficient (Wildman–Crippen LogP) is 1.04. The van der Waals surface area contributed by atoms with Crippen molar-refractivity contribution in [3.8, 4) is 12.3 Å². The first-order valence-corrected chi connectivity index (χ1v) is 3.69. The molecule has 0 aromatic heterocycles. The molecule has 0 aliphatic heterocycles. The van der Waals surface area contributed by atoms with Gasteiger partial charge in [0.2, 0.25) is 0 Å². The van der Waals surface area contributed by atoms with Crippen LogP contribution in [0.1, 0.15) is 20.8 Å². The van der Waals surface area contributed by atoms with E-state index in [9.17, 15) is 5.11 Å². The molecule has 0 aromatic rings. The van der Waals surface area contributed by atoms with E-state index in [2.05, 4.69) is 5.92 Å². The second-order valence-electron chi connectivity index (χ2n) is 3.14. The lowest BCUT2D eigenvalue weighted by Gasteiger charge is -2.30. The van der Waals surface area contributed by atoms with Crippen molar-refractivity contribution in [1.82, 2.24) is 0 Å². The zero-order valence-corrected chi connectivity index (χ0v) is 7.59. The average molecular weight is 156 g/mol. The molecule has 0 radical (unpaired) electrons. The third-order valence-electron chi connectivity index (χ3n) is 1.91. The van der Waals surface area contributed by atoms with E-state index in [1.807, 2.05) is 13.8 Å². The second kappa shape index (κ2) is 3.75. The Hall–Kier alpha value is -0.520. The van der Waals surface area contributed by atoms with Crippen molar-refractivity contribution in [2.24, 2.45) is 5.92 Å². The van der Waals surface area contributed by atoms with Gasteiger partial charge in [-0.2, -0.15) is 0 Å². The van der Waals surface area contributed by atoms with Crippen LogP contribution in [0.3, 0.4) is 0 Å². The third-order valence-corrected chi connectivity index (χ3v) is 1.91. The van der Waals surface area contributed by atoms with Gasteiger partial charge in [-0.25, -0.2) is 0 Å². The molecule has 0 bridgehead atoms. The molecule has 2 heteroatoms. The largest absolute Gasteiger partial charge is 0.389 e. The average Bonchev–Trinajstić information content (AvgIpc) is 2.01. The fourth-order valence-electron chi connectivity index (χ4n) is 0.901. The lowest BCUT2D eigenvalue weighted by molar-refractivity contribution is -0.0694. The lowest BCUT2D eigenvalue weighted by Crippen LogP contribution is -2.43. The molecule has 1 N–H and O–H groups in total. The van der Waals surface area contributed by atoms with E-state index < -0.39 is 11.7 Å². The van der Waals surface area contributed by atoms with Gasteiger partial charge in [-0.15, -0.1) is 6.42 Å². The maximum Gasteiger partial charge on any atom is 0.151 e. The molecule has 0 aliphatic rings. The number of aliphatic hydroxyl groups excluding tert-OH is 1. The number of methoxy groups -OCH3 is 1. The molecule has 0 saturated carbocycles. The zero-order chi connectivity index (χ0) is 9.07. The summed E-state index contributed by atoms with van der Waals surface area (Å²) in [5, 5.41) is 9.58. The molecule has 0 amide bonds. The molecule has 2 nitrogen and oxygen atoms in total. The van der Waals surface area contributed by atoms with Gasteiger partial charge < -0.3 is 9.84 Å². The van der Waals surface area contributed by atoms with Gasteiger partial charge in [0.1, 0.15) is 0 Å². The Morgan fingerprint density at radius 3 is 2.09 bits per heavy atom. The highest BCUT2D eigenvalue weighted by Crippen LogP contribution is 2.19. The van der Waals surface area contributed by atoms with E-state index in [0.717, 1.165) is 0 Å². The van der Waals surface area contributed by atoms with Crippen molar-refractivity contribution in [1.29, 1.82) is 0 Å². The molecule has 0 fully saturated rings. The number of hydrogen-bond donors (Lipinski definition) is 1. The highest BCUT2D eigenvalue weighted by Gasteiger charge is 2.32. The first-order chi connectivity index (χ1) is 4.98. The van der Waals surface area contributed by atoms with E-state index in [-0.39, 0.29) is 5.92 Å². The summed E-state index contributed by atoms with van der Waals surface area (Å²) in [4.78, 5) is 0. The molecule has 2 atom stereocenters. The number of ether oxygens (including phenoxy) is 1. The van der Waals surface area contributed by atoms with Gasteiger partial charge in [-0.3, -0.25) is 0 Å². The second-order valence-corrected chi connectivity index (χ2v) is 3.14. The van der Waals surface area contributed by atoms with E-state index in [1.54, 1.807) is 6.92 Å². The number of terminal acetylenes is 1. The van der Waals surface area contributed by atoms with E-state index in [4.69, 9.17) is 11.2 Å². The number of rotatable bonds is 3. The summed E-state index contributed by atoms with van der Waals surface area (Å²) in [7, 11) is 1.51. The van der Waals surface area contributed by atoms with Crippen LogP contribution in [0.4, 0.5) is 0 Å². The smallest absolute Gasteiger partial charge is 0.151 e. The molecule has 0 spiro atoms. The minimum Gasteiger partial charge on any atom is -0.389 e. The van der Waals surface area contributed by atoms with Crippen molar-refractivity contribution in [3.63, 3.8) is 0 Å². The molecule has 64 valence electrons. The van der Waals surface area contributed by atoms with Gasteiger partial charge in [0.05, 0.1) is 6.10 Å². The van der Waals surface area contributed by atoms with Gasteiger partial charge >= 0.3 is 0 Å². The molecule has 0 aromatic carbocycles. The topological polar surface area (TPSA) is 29.5 Å². The molecule has 11 heavy (non-hydrogen) atoms. The van der Waals surface area contributed by atoms with Crippen molar-refractivity contribution >= 4 is 0 Å². The van der Waals surface area contributed by atoms with Crippen LogP contribution in [0.5, 0.6) is 0 Å². The molecular formula is C9H16O2. The summed E-state index contributed by atoms with van der Waals surface area (Å²) >= 11 is 0. The molecule has 0 saturated heterocycles. The van der Waals surface area contributed by atoms with Gasteiger partial charge in [-0.05, 0) is 12.8 Å². The van der Waals surface area contributed by atoms with Crippen LogP contribution in [0, 0.1) is 18.3 Å². The highest BCUT2D eigenvalue weighted by atomic mass is 16.5. The van der Waals surface area contributed by atoms with Gasteiger partial charge in [0.15, 0.2) is 5.60 Å². The SMILES string of the molecule is C#C[C@@](C)(OC)[C@H](O)C(C)C. The minimum absolute atomic E-state index is 0.107. The Bertz CT molecular complexity index is 157.